The van der Waals surface area contributed by atoms with Crippen molar-refractivity contribution in [2.45, 2.75) is 25.4 Å². The Kier molecular flexibility index (Phi) is 7.34. The van der Waals surface area contributed by atoms with E-state index in [1.165, 1.54) is 0 Å². The van der Waals surface area contributed by atoms with Crippen LogP contribution in [0.4, 0.5) is 4.79 Å². The van der Waals surface area contributed by atoms with Crippen LogP contribution in [0, 0.1) is 0 Å². The molecule has 1 aromatic rings. The molecule has 0 heterocycles. The highest BCUT2D eigenvalue weighted by Crippen LogP contribution is 2.03. The fraction of sp³-hybridized carbons (Fsp3) is 0.357. The average Bonchev–Trinajstić information content (AvgIpc) is 2.50. The number of hydrazine groups is 1. The smallest absolute Gasteiger partial charge is 0.332 e. The van der Waals surface area contributed by atoms with E-state index in [4.69, 9.17) is 22.4 Å². The van der Waals surface area contributed by atoms with Gasteiger partial charge in [0, 0.05) is 6.54 Å². The van der Waals surface area contributed by atoms with Crippen LogP contribution in [-0.4, -0.2) is 40.7 Å². The third-order valence-electron chi connectivity index (χ3n) is 3.00. The molecule has 2 amide bonds. The summed E-state index contributed by atoms with van der Waals surface area (Å²) in [6.45, 7) is 0.464. The Morgan fingerprint density at radius 3 is 2.48 bits per heavy atom. The number of nitrogens with zero attached hydrogens (tertiary/aromatic N) is 2. The minimum atomic E-state index is -1.14. The molecule has 1 atom stereocenters. The molecular formula is C14H22N6O3. The molecule has 0 saturated carbocycles. The molecule has 9 heteroatoms. The number of benzene rings is 1. The number of urea groups is 1. The number of carboxylic acid groups (broad SMARTS) is 1. The Morgan fingerprint density at radius 1 is 1.26 bits per heavy atom. The summed E-state index contributed by atoms with van der Waals surface area (Å²) in [5.41, 5.74) is 11.2. The average molecular weight is 322 g/mol. The molecule has 1 rings (SSSR count). The maximum absolute atomic E-state index is 12.0. The van der Waals surface area contributed by atoms with Gasteiger partial charge < -0.3 is 21.9 Å². The Balaban J connectivity index is 2.49. The van der Waals surface area contributed by atoms with Gasteiger partial charge in [-0.15, -0.1) is 0 Å². The van der Waals surface area contributed by atoms with Gasteiger partial charge in [0.2, 0.25) is 0 Å². The predicted octanol–water partition coefficient (Wildman–Crippen LogP) is -0.421. The van der Waals surface area contributed by atoms with Gasteiger partial charge in [-0.05, 0) is 18.4 Å². The predicted molar refractivity (Wildman–Crippen MR) is 86.0 cm³/mol. The van der Waals surface area contributed by atoms with E-state index in [2.05, 4.69) is 10.3 Å². The molecule has 8 N–H and O–H groups in total. The molecule has 9 nitrogen and oxygen atoms in total. The summed E-state index contributed by atoms with van der Waals surface area (Å²) in [6, 6.07) is 7.41. The van der Waals surface area contributed by atoms with Crippen LogP contribution in [0.1, 0.15) is 18.4 Å². The minimum Gasteiger partial charge on any atom is -0.480 e. The van der Waals surface area contributed by atoms with Crippen molar-refractivity contribution in [3.63, 3.8) is 0 Å². The lowest BCUT2D eigenvalue weighted by Crippen LogP contribution is -2.50. The van der Waals surface area contributed by atoms with Crippen molar-refractivity contribution in [2.24, 2.45) is 22.3 Å². The van der Waals surface area contributed by atoms with E-state index in [-0.39, 0.29) is 18.9 Å². The zero-order valence-electron chi connectivity index (χ0n) is 12.7. The Hall–Kier alpha value is -2.81. The zero-order valence-corrected chi connectivity index (χ0v) is 12.7. The maximum atomic E-state index is 12.0. The molecule has 0 bridgehead atoms. The van der Waals surface area contributed by atoms with Gasteiger partial charge in [-0.3, -0.25) is 10.0 Å². The molecule has 0 aromatic heterocycles. The van der Waals surface area contributed by atoms with Crippen molar-refractivity contribution in [3.8, 4) is 0 Å². The second-order valence-electron chi connectivity index (χ2n) is 4.90. The third kappa shape index (κ3) is 7.14. The molecule has 0 aliphatic carbocycles. The topological polar surface area (TPSA) is 160 Å². The lowest BCUT2D eigenvalue weighted by Gasteiger charge is -2.21. The van der Waals surface area contributed by atoms with E-state index < -0.39 is 18.0 Å². The maximum Gasteiger partial charge on any atom is 0.332 e. The van der Waals surface area contributed by atoms with Crippen molar-refractivity contribution < 1.29 is 14.7 Å². The normalized spacial score (nSPS) is 11.3. The number of hydrogen-bond acceptors (Lipinski definition) is 4. The fourth-order valence-electron chi connectivity index (χ4n) is 1.84. The number of hydrogen-bond donors (Lipinski definition) is 5. The molecule has 0 spiro atoms. The van der Waals surface area contributed by atoms with Crippen LogP contribution < -0.4 is 22.6 Å². The first kappa shape index (κ1) is 18.2. The van der Waals surface area contributed by atoms with E-state index >= 15 is 0 Å². The number of rotatable bonds is 8. The molecule has 126 valence electrons. The second kappa shape index (κ2) is 9.26. The monoisotopic (exact) mass is 322 g/mol. The number of amides is 2. The molecule has 23 heavy (non-hydrogen) atoms. The van der Waals surface area contributed by atoms with Crippen LogP contribution in [0.25, 0.3) is 0 Å². The molecule has 0 radical (unpaired) electrons. The summed E-state index contributed by atoms with van der Waals surface area (Å²) in [5.74, 6) is 4.46. The van der Waals surface area contributed by atoms with E-state index in [1.54, 1.807) is 0 Å². The van der Waals surface area contributed by atoms with Crippen LogP contribution >= 0.6 is 0 Å². The summed E-state index contributed by atoms with van der Waals surface area (Å²) >= 11 is 0. The van der Waals surface area contributed by atoms with Crippen molar-refractivity contribution in [1.82, 2.24) is 10.3 Å². The Bertz CT molecular complexity index is 545. The molecule has 0 aliphatic rings. The molecule has 0 unspecified atom stereocenters. The number of carbonyl (C=O) groups is 2. The summed E-state index contributed by atoms with van der Waals surface area (Å²) in [7, 11) is 0. The standard InChI is InChI=1S/C14H22N6O3/c15-13(16)18-8-4-7-11(12(21)22)19-14(23)20(17)9-10-5-2-1-3-6-10/h1-3,5-6,11H,4,7-9,17H2,(H,19,23)(H,21,22)(H4,15,16,18)/t11-/m1/s1. The van der Waals surface area contributed by atoms with Gasteiger partial charge >= 0.3 is 12.0 Å². The number of nitrogens with one attached hydrogen (secondary N) is 1. The van der Waals surface area contributed by atoms with E-state index in [0.29, 0.717) is 13.0 Å². The highest BCUT2D eigenvalue weighted by atomic mass is 16.4. The van der Waals surface area contributed by atoms with Crippen molar-refractivity contribution >= 4 is 18.0 Å². The molecule has 0 saturated heterocycles. The number of aliphatic imine (C=N–C) groups is 1. The quantitative estimate of drug-likeness (QED) is 0.109. The SMILES string of the molecule is NC(N)=NCCC[C@@H](NC(=O)N(N)Cc1ccccc1)C(=O)O. The number of aliphatic carboxylic acids is 1. The van der Waals surface area contributed by atoms with Crippen molar-refractivity contribution in [3.05, 3.63) is 35.9 Å². The fourth-order valence-corrected chi connectivity index (χ4v) is 1.84. The van der Waals surface area contributed by atoms with Gasteiger partial charge in [0.05, 0.1) is 6.54 Å². The van der Waals surface area contributed by atoms with Gasteiger partial charge in [0.25, 0.3) is 0 Å². The zero-order chi connectivity index (χ0) is 17.2. The minimum absolute atomic E-state index is 0.0584. The van der Waals surface area contributed by atoms with Gasteiger partial charge in [-0.25, -0.2) is 15.4 Å². The number of carboxylic acids is 1. The second-order valence-corrected chi connectivity index (χ2v) is 4.90. The first-order valence-corrected chi connectivity index (χ1v) is 7.05. The largest absolute Gasteiger partial charge is 0.480 e. The van der Waals surface area contributed by atoms with Gasteiger partial charge in [0.15, 0.2) is 5.96 Å². The van der Waals surface area contributed by atoms with Crippen LogP contribution in [0.5, 0.6) is 0 Å². The summed E-state index contributed by atoms with van der Waals surface area (Å²) < 4.78 is 0. The summed E-state index contributed by atoms with van der Waals surface area (Å²) in [4.78, 5) is 26.9. The van der Waals surface area contributed by atoms with Crippen LogP contribution in [0.2, 0.25) is 0 Å². The first-order valence-electron chi connectivity index (χ1n) is 7.05. The number of guanidine groups is 1. The molecular weight excluding hydrogens is 300 g/mol. The summed E-state index contributed by atoms with van der Waals surface area (Å²) in [5, 5.41) is 12.5. The highest BCUT2D eigenvalue weighted by Gasteiger charge is 2.21. The number of carbonyl (C=O) groups excluding carboxylic acids is 1. The van der Waals surface area contributed by atoms with E-state index in [1.807, 2.05) is 30.3 Å². The Morgan fingerprint density at radius 2 is 1.91 bits per heavy atom. The lowest BCUT2D eigenvalue weighted by molar-refractivity contribution is -0.139. The van der Waals surface area contributed by atoms with Crippen LogP contribution in [0.15, 0.2) is 35.3 Å². The van der Waals surface area contributed by atoms with Gasteiger partial charge in [0.1, 0.15) is 6.04 Å². The summed E-state index contributed by atoms with van der Waals surface area (Å²) in [6.07, 6.45) is 0.607. The van der Waals surface area contributed by atoms with Gasteiger partial charge in [-0.2, -0.15) is 0 Å². The third-order valence-corrected chi connectivity index (χ3v) is 3.00. The van der Waals surface area contributed by atoms with Crippen LogP contribution in [0.3, 0.4) is 0 Å². The molecule has 0 fully saturated rings. The number of nitrogens with two attached hydrogens (primary N) is 3. The van der Waals surface area contributed by atoms with E-state index in [0.717, 1.165) is 10.6 Å². The van der Waals surface area contributed by atoms with E-state index in [9.17, 15) is 9.59 Å². The lowest BCUT2D eigenvalue weighted by atomic mass is 10.1. The molecule has 0 aliphatic heterocycles. The van der Waals surface area contributed by atoms with Crippen molar-refractivity contribution in [2.75, 3.05) is 6.54 Å². The first-order chi connectivity index (χ1) is 10.9. The van der Waals surface area contributed by atoms with Crippen LogP contribution in [-0.2, 0) is 11.3 Å². The molecule has 1 aromatic carbocycles. The highest BCUT2D eigenvalue weighted by molar-refractivity contribution is 5.82. The van der Waals surface area contributed by atoms with Crippen molar-refractivity contribution in [1.29, 1.82) is 0 Å². The Labute approximate surface area is 134 Å². The van der Waals surface area contributed by atoms with Gasteiger partial charge in [-0.1, -0.05) is 30.3 Å².